The first kappa shape index (κ1) is 20.9. The summed E-state index contributed by atoms with van der Waals surface area (Å²) in [6, 6.07) is 12.6. The maximum atomic E-state index is 11.9. The Labute approximate surface area is 185 Å². The molecular formula is C23H23ClN4O3. The molecule has 0 aliphatic carbocycles. The van der Waals surface area contributed by atoms with E-state index in [4.69, 9.17) is 16.6 Å². The zero-order chi connectivity index (χ0) is 22.1. The molecule has 1 aromatic heterocycles. The Morgan fingerprint density at radius 3 is 2.42 bits per heavy atom. The monoisotopic (exact) mass is 438 g/mol. The SMILES string of the molecule is CC(=O)Nc1ccc2nc(N3CCN(c4cc(Cl)ccc4C)CC3)cc(C(=O)O)c2c1. The molecule has 4 rings (SSSR count). The van der Waals surface area contributed by atoms with Crippen molar-refractivity contribution >= 4 is 51.6 Å². The second kappa shape index (κ2) is 8.43. The molecule has 2 N–H and O–H groups in total. The van der Waals surface area contributed by atoms with Crippen molar-refractivity contribution in [3.8, 4) is 0 Å². The van der Waals surface area contributed by atoms with Gasteiger partial charge >= 0.3 is 5.97 Å². The van der Waals surface area contributed by atoms with Gasteiger partial charge in [0.1, 0.15) is 5.82 Å². The standard InChI is InChI=1S/C23H23ClN4O3/c1-14-3-4-16(24)11-21(14)27-7-9-28(10-8-27)22-13-19(23(30)31)18-12-17(25-15(2)29)5-6-20(18)26-22/h3-6,11-13H,7-10H2,1-2H3,(H,25,29)(H,30,31). The second-order valence-electron chi connectivity index (χ2n) is 7.65. The van der Waals surface area contributed by atoms with E-state index >= 15 is 0 Å². The largest absolute Gasteiger partial charge is 0.478 e. The first-order chi connectivity index (χ1) is 14.8. The van der Waals surface area contributed by atoms with Gasteiger partial charge < -0.3 is 20.2 Å². The number of amides is 1. The number of halogens is 1. The smallest absolute Gasteiger partial charge is 0.336 e. The molecule has 2 heterocycles. The Kier molecular flexibility index (Phi) is 5.69. The van der Waals surface area contributed by atoms with Crippen LogP contribution in [0.25, 0.3) is 10.9 Å². The third kappa shape index (κ3) is 4.41. The maximum Gasteiger partial charge on any atom is 0.336 e. The number of pyridine rings is 1. The van der Waals surface area contributed by atoms with Crippen molar-refractivity contribution in [3.05, 3.63) is 58.6 Å². The molecule has 0 radical (unpaired) electrons. The number of aromatic nitrogens is 1. The highest BCUT2D eigenvalue weighted by Crippen LogP contribution is 2.29. The number of rotatable bonds is 4. The summed E-state index contributed by atoms with van der Waals surface area (Å²) in [6.07, 6.45) is 0. The predicted octanol–water partition coefficient (Wildman–Crippen LogP) is 4.18. The fraction of sp³-hybridized carbons (Fsp3) is 0.261. The van der Waals surface area contributed by atoms with E-state index in [0.29, 0.717) is 40.5 Å². The minimum Gasteiger partial charge on any atom is -0.478 e. The van der Waals surface area contributed by atoms with Crippen molar-refractivity contribution in [3.63, 3.8) is 0 Å². The van der Waals surface area contributed by atoms with E-state index in [0.717, 1.165) is 18.8 Å². The summed E-state index contributed by atoms with van der Waals surface area (Å²) in [7, 11) is 0. The van der Waals surface area contributed by atoms with Gasteiger partial charge in [0.25, 0.3) is 0 Å². The zero-order valence-corrected chi connectivity index (χ0v) is 18.1. The van der Waals surface area contributed by atoms with Crippen molar-refractivity contribution < 1.29 is 14.7 Å². The van der Waals surface area contributed by atoms with Crippen LogP contribution in [0.5, 0.6) is 0 Å². The van der Waals surface area contributed by atoms with Crippen LogP contribution in [0.15, 0.2) is 42.5 Å². The number of nitrogens with zero attached hydrogens (tertiary/aromatic N) is 3. The number of nitrogens with one attached hydrogen (secondary N) is 1. The molecule has 1 aliphatic rings. The Morgan fingerprint density at radius 2 is 1.74 bits per heavy atom. The highest BCUT2D eigenvalue weighted by atomic mass is 35.5. The number of aromatic carboxylic acids is 1. The van der Waals surface area contributed by atoms with Crippen LogP contribution in [0, 0.1) is 6.92 Å². The summed E-state index contributed by atoms with van der Waals surface area (Å²) in [5.74, 6) is -0.602. The highest BCUT2D eigenvalue weighted by Gasteiger charge is 2.22. The molecule has 1 fully saturated rings. The number of carboxylic acids is 1. The molecule has 0 unspecified atom stereocenters. The van der Waals surface area contributed by atoms with Crippen molar-refractivity contribution in [1.82, 2.24) is 4.98 Å². The van der Waals surface area contributed by atoms with Gasteiger partial charge in [-0.05, 0) is 48.9 Å². The normalized spacial score (nSPS) is 14.0. The third-order valence-electron chi connectivity index (χ3n) is 5.46. The van der Waals surface area contributed by atoms with Gasteiger partial charge in [-0.15, -0.1) is 0 Å². The Hall–Kier alpha value is -3.32. The van der Waals surface area contributed by atoms with Gasteiger partial charge in [-0.3, -0.25) is 4.79 Å². The van der Waals surface area contributed by atoms with Crippen LogP contribution in [0.4, 0.5) is 17.2 Å². The first-order valence-corrected chi connectivity index (χ1v) is 10.4. The van der Waals surface area contributed by atoms with Crippen LogP contribution >= 0.6 is 11.6 Å². The van der Waals surface area contributed by atoms with E-state index in [1.54, 1.807) is 24.3 Å². The number of piperazine rings is 1. The number of hydrogen-bond donors (Lipinski definition) is 2. The van der Waals surface area contributed by atoms with Gasteiger partial charge in [-0.1, -0.05) is 17.7 Å². The van der Waals surface area contributed by atoms with Crippen LogP contribution in [-0.4, -0.2) is 48.1 Å². The number of aryl methyl sites for hydroxylation is 1. The molecule has 1 saturated heterocycles. The topological polar surface area (TPSA) is 85.8 Å². The first-order valence-electron chi connectivity index (χ1n) is 10.0. The number of benzene rings is 2. The van der Waals surface area contributed by atoms with Crippen LogP contribution < -0.4 is 15.1 Å². The van der Waals surface area contributed by atoms with Gasteiger partial charge in [-0.2, -0.15) is 0 Å². The molecule has 0 spiro atoms. The fourth-order valence-corrected chi connectivity index (χ4v) is 4.10. The Balaban J connectivity index is 1.61. The lowest BCUT2D eigenvalue weighted by atomic mass is 10.1. The second-order valence-corrected chi connectivity index (χ2v) is 8.09. The molecule has 8 heteroatoms. The minimum atomic E-state index is -1.03. The fourth-order valence-electron chi connectivity index (χ4n) is 3.93. The predicted molar refractivity (Wildman–Crippen MR) is 124 cm³/mol. The van der Waals surface area contributed by atoms with Crippen LogP contribution in [-0.2, 0) is 4.79 Å². The molecule has 2 aromatic carbocycles. The molecule has 0 saturated carbocycles. The summed E-state index contributed by atoms with van der Waals surface area (Å²) >= 11 is 6.18. The number of carbonyl (C=O) groups excluding carboxylic acids is 1. The summed E-state index contributed by atoms with van der Waals surface area (Å²) in [5, 5.41) is 13.7. The highest BCUT2D eigenvalue weighted by molar-refractivity contribution is 6.30. The van der Waals surface area contributed by atoms with Crippen molar-refractivity contribution in [2.45, 2.75) is 13.8 Å². The molecular weight excluding hydrogens is 416 g/mol. The van der Waals surface area contributed by atoms with E-state index in [2.05, 4.69) is 22.0 Å². The number of hydrogen-bond acceptors (Lipinski definition) is 5. The van der Waals surface area contributed by atoms with Crippen molar-refractivity contribution in [2.24, 2.45) is 0 Å². The molecule has 7 nitrogen and oxygen atoms in total. The van der Waals surface area contributed by atoms with Crippen LogP contribution in [0.2, 0.25) is 5.02 Å². The lowest BCUT2D eigenvalue weighted by Crippen LogP contribution is -2.47. The van der Waals surface area contributed by atoms with Gasteiger partial charge in [-0.25, -0.2) is 9.78 Å². The minimum absolute atomic E-state index is 0.167. The van der Waals surface area contributed by atoms with Crippen LogP contribution in [0.1, 0.15) is 22.8 Å². The average molecular weight is 439 g/mol. The molecule has 0 bridgehead atoms. The van der Waals surface area contributed by atoms with Crippen molar-refractivity contribution in [2.75, 3.05) is 41.3 Å². The molecule has 1 amide bonds. The Morgan fingerprint density at radius 1 is 1.03 bits per heavy atom. The van der Waals surface area contributed by atoms with E-state index in [-0.39, 0.29) is 11.5 Å². The lowest BCUT2D eigenvalue weighted by Gasteiger charge is -2.37. The van der Waals surface area contributed by atoms with Gasteiger partial charge in [0.05, 0.1) is 11.1 Å². The van der Waals surface area contributed by atoms with E-state index in [1.165, 1.54) is 12.5 Å². The third-order valence-corrected chi connectivity index (χ3v) is 5.70. The summed E-state index contributed by atoms with van der Waals surface area (Å²) in [5.41, 5.74) is 3.58. The number of carbonyl (C=O) groups is 2. The number of carboxylic acid groups (broad SMARTS) is 1. The molecule has 31 heavy (non-hydrogen) atoms. The molecule has 3 aromatic rings. The maximum absolute atomic E-state index is 11.9. The summed E-state index contributed by atoms with van der Waals surface area (Å²) in [6.45, 7) is 6.47. The van der Waals surface area contributed by atoms with E-state index < -0.39 is 5.97 Å². The molecule has 160 valence electrons. The number of fused-ring (bicyclic) bond motifs is 1. The van der Waals surface area contributed by atoms with E-state index in [1.807, 2.05) is 18.2 Å². The van der Waals surface area contributed by atoms with Gasteiger partial charge in [0, 0.05) is 54.9 Å². The lowest BCUT2D eigenvalue weighted by molar-refractivity contribution is -0.114. The molecule has 1 aliphatic heterocycles. The Bertz CT molecular complexity index is 1170. The van der Waals surface area contributed by atoms with Crippen molar-refractivity contribution in [1.29, 1.82) is 0 Å². The summed E-state index contributed by atoms with van der Waals surface area (Å²) < 4.78 is 0. The van der Waals surface area contributed by atoms with Gasteiger partial charge in [0.2, 0.25) is 5.91 Å². The molecule has 0 atom stereocenters. The average Bonchev–Trinajstić information content (AvgIpc) is 2.74. The number of anilines is 3. The van der Waals surface area contributed by atoms with Crippen LogP contribution in [0.3, 0.4) is 0 Å². The quantitative estimate of drug-likeness (QED) is 0.635. The zero-order valence-electron chi connectivity index (χ0n) is 17.4. The van der Waals surface area contributed by atoms with E-state index in [9.17, 15) is 14.7 Å². The van der Waals surface area contributed by atoms with Gasteiger partial charge in [0.15, 0.2) is 0 Å². The summed E-state index contributed by atoms with van der Waals surface area (Å²) in [4.78, 5) is 32.4.